The normalized spacial score (nSPS) is 21.6. The Labute approximate surface area is 106 Å². The number of aromatic nitrogens is 2. The van der Waals surface area contributed by atoms with Gasteiger partial charge in [-0.2, -0.15) is 0 Å². The highest BCUT2D eigenvalue weighted by molar-refractivity contribution is 7.15. The second kappa shape index (κ2) is 6.28. The molecule has 5 nitrogen and oxygen atoms in total. The Morgan fingerprint density at radius 1 is 1.53 bits per heavy atom. The van der Waals surface area contributed by atoms with Gasteiger partial charge in [-0.1, -0.05) is 11.3 Å². The summed E-state index contributed by atoms with van der Waals surface area (Å²) in [6.07, 6.45) is 2.32. The maximum atomic E-state index is 9.19. The highest BCUT2D eigenvalue weighted by Crippen LogP contribution is 2.21. The van der Waals surface area contributed by atoms with Gasteiger partial charge in [0.15, 0.2) is 0 Å². The molecule has 2 heterocycles. The zero-order valence-electron chi connectivity index (χ0n) is 10.2. The summed E-state index contributed by atoms with van der Waals surface area (Å²) in [5.74, 6) is 0.435. The Kier molecular flexibility index (Phi) is 4.70. The molecule has 0 radical (unpaired) electrons. The summed E-state index contributed by atoms with van der Waals surface area (Å²) in [7, 11) is 0. The molecule has 6 heteroatoms. The molecule has 1 aromatic rings. The summed E-state index contributed by atoms with van der Waals surface area (Å²) in [5.41, 5.74) is 0. The topological polar surface area (TPSA) is 61.3 Å². The van der Waals surface area contributed by atoms with Crippen LogP contribution in [0.15, 0.2) is 0 Å². The predicted octanol–water partition coefficient (Wildman–Crippen LogP) is 1.17. The minimum atomic E-state index is 0.301. The number of hydrogen-bond donors (Lipinski definition) is 2. The molecule has 1 saturated heterocycles. The number of hydrogen-bond acceptors (Lipinski definition) is 6. The molecule has 1 aliphatic rings. The fraction of sp³-hybridized carbons (Fsp3) is 0.818. The molecule has 1 fully saturated rings. The molecule has 17 heavy (non-hydrogen) atoms. The number of aliphatic hydroxyl groups is 1. The minimum Gasteiger partial charge on any atom is -0.396 e. The first-order chi connectivity index (χ1) is 8.31. The smallest absolute Gasteiger partial charge is 0.205 e. The molecule has 96 valence electrons. The number of anilines is 1. The average molecular weight is 256 g/mol. The summed E-state index contributed by atoms with van der Waals surface area (Å²) >= 11 is 1.62. The summed E-state index contributed by atoms with van der Waals surface area (Å²) in [6.45, 7) is 6.18. The highest BCUT2D eigenvalue weighted by atomic mass is 32.1. The molecule has 0 aliphatic carbocycles. The van der Waals surface area contributed by atoms with Crippen molar-refractivity contribution in [1.29, 1.82) is 0 Å². The molecule has 0 aromatic carbocycles. The van der Waals surface area contributed by atoms with Crippen LogP contribution < -0.4 is 5.32 Å². The van der Waals surface area contributed by atoms with Gasteiger partial charge in [-0.25, -0.2) is 0 Å². The van der Waals surface area contributed by atoms with Crippen LogP contribution in [0.3, 0.4) is 0 Å². The molecule has 0 bridgehead atoms. The third-order valence-electron chi connectivity index (χ3n) is 3.02. The van der Waals surface area contributed by atoms with Crippen molar-refractivity contribution < 1.29 is 5.11 Å². The van der Waals surface area contributed by atoms with Crippen molar-refractivity contribution in [1.82, 2.24) is 15.1 Å². The van der Waals surface area contributed by atoms with Crippen LogP contribution in [0.25, 0.3) is 0 Å². The van der Waals surface area contributed by atoms with Crippen LogP contribution in [-0.2, 0) is 6.54 Å². The lowest BCUT2D eigenvalue weighted by Crippen LogP contribution is -2.36. The SMILES string of the molecule is CCNc1nnc(CN2CCCC(CO)C2)s1. The lowest BCUT2D eigenvalue weighted by Gasteiger charge is -2.30. The van der Waals surface area contributed by atoms with E-state index in [4.69, 9.17) is 0 Å². The average Bonchev–Trinajstić information content (AvgIpc) is 2.77. The molecule has 0 spiro atoms. The van der Waals surface area contributed by atoms with Crippen LogP contribution in [0.2, 0.25) is 0 Å². The molecule has 1 aliphatic heterocycles. The van der Waals surface area contributed by atoms with Gasteiger partial charge in [0.05, 0.1) is 6.54 Å². The van der Waals surface area contributed by atoms with Crippen LogP contribution in [0, 0.1) is 5.92 Å². The van der Waals surface area contributed by atoms with E-state index in [1.54, 1.807) is 11.3 Å². The first kappa shape index (κ1) is 12.7. The molecule has 1 atom stereocenters. The lowest BCUT2D eigenvalue weighted by molar-refractivity contribution is 0.115. The zero-order valence-corrected chi connectivity index (χ0v) is 11.0. The first-order valence-electron chi connectivity index (χ1n) is 6.21. The van der Waals surface area contributed by atoms with Gasteiger partial charge in [0.1, 0.15) is 5.01 Å². The zero-order chi connectivity index (χ0) is 12.1. The first-order valence-corrected chi connectivity index (χ1v) is 7.03. The largest absolute Gasteiger partial charge is 0.396 e. The van der Waals surface area contributed by atoms with E-state index in [2.05, 4.69) is 27.3 Å². The standard InChI is InChI=1S/C11H20N4OS/c1-2-12-11-14-13-10(17-11)7-15-5-3-4-9(6-15)8-16/h9,16H,2-8H2,1H3,(H,12,14). The van der Waals surface area contributed by atoms with Crippen molar-refractivity contribution in [3.05, 3.63) is 5.01 Å². The van der Waals surface area contributed by atoms with Crippen LogP contribution in [0.4, 0.5) is 5.13 Å². The van der Waals surface area contributed by atoms with Crippen LogP contribution in [0.1, 0.15) is 24.8 Å². The second-order valence-electron chi connectivity index (χ2n) is 4.46. The molecule has 2 N–H and O–H groups in total. The monoisotopic (exact) mass is 256 g/mol. The van der Waals surface area contributed by atoms with E-state index >= 15 is 0 Å². The van der Waals surface area contributed by atoms with E-state index < -0.39 is 0 Å². The van der Waals surface area contributed by atoms with Gasteiger partial charge < -0.3 is 10.4 Å². The summed E-state index contributed by atoms with van der Waals surface area (Å²) in [6, 6.07) is 0. The van der Waals surface area contributed by atoms with E-state index in [-0.39, 0.29) is 0 Å². The number of aliphatic hydroxyl groups excluding tert-OH is 1. The quantitative estimate of drug-likeness (QED) is 0.828. The number of rotatable bonds is 5. The third-order valence-corrected chi connectivity index (χ3v) is 3.88. The number of likely N-dealkylation sites (tertiary alicyclic amines) is 1. The van der Waals surface area contributed by atoms with Crippen molar-refractivity contribution in [3.63, 3.8) is 0 Å². The van der Waals surface area contributed by atoms with Gasteiger partial charge in [0, 0.05) is 19.7 Å². The molecule has 0 saturated carbocycles. The van der Waals surface area contributed by atoms with Crippen LogP contribution in [0.5, 0.6) is 0 Å². The van der Waals surface area contributed by atoms with Crippen molar-refractivity contribution in [2.45, 2.75) is 26.3 Å². The van der Waals surface area contributed by atoms with Gasteiger partial charge in [-0.15, -0.1) is 10.2 Å². The maximum absolute atomic E-state index is 9.19. The Morgan fingerprint density at radius 3 is 3.18 bits per heavy atom. The Balaban J connectivity index is 1.86. The fourth-order valence-corrected chi connectivity index (χ4v) is 3.03. The van der Waals surface area contributed by atoms with Crippen molar-refractivity contribution in [2.24, 2.45) is 5.92 Å². The fourth-order valence-electron chi connectivity index (χ4n) is 2.18. The van der Waals surface area contributed by atoms with E-state index in [0.29, 0.717) is 12.5 Å². The third kappa shape index (κ3) is 3.62. The maximum Gasteiger partial charge on any atom is 0.205 e. The van der Waals surface area contributed by atoms with E-state index in [1.165, 1.54) is 6.42 Å². The summed E-state index contributed by atoms with van der Waals surface area (Å²) < 4.78 is 0. The van der Waals surface area contributed by atoms with E-state index in [1.807, 2.05) is 0 Å². The second-order valence-corrected chi connectivity index (χ2v) is 5.52. The Hall–Kier alpha value is -0.720. The summed E-state index contributed by atoms with van der Waals surface area (Å²) in [4.78, 5) is 2.36. The summed E-state index contributed by atoms with van der Waals surface area (Å²) in [5, 5.41) is 22.6. The minimum absolute atomic E-state index is 0.301. The predicted molar refractivity (Wildman–Crippen MR) is 69.2 cm³/mol. The molecule has 1 aromatic heterocycles. The molecular weight excluding hydrogens is 236 g/mol. The molecule has 0 amide bonds. The van der Waals surface area contributed by atoms with Crippen LogP contribution >= 0.6 is 11.3 Å². The van der Waals surface area contributed by atoms with Gasteiger partial charge in [0.2, 0.25) is 5.13 Å². The molecule has 1 unspecified atom stereocenters. The van der Waals surface area contributed by atoms with Gasteiger partial charge >= 0.3 is 0 Å². The molecule has 2 rings (SSSR count). The van der Waals surface area contributed by atoms with Crippen molar-refractivity contribution in [3.8, 4) is 0 Å². The Bertz CT molecular complexity index is 344. The van der Waals surface area contributed by atoms with Crippen LogP contribution in [-0.4, -0.2) is 46.4 Å². The highest BCUT2D eigenvalue weighted by Gasteiger charge is 2.20. The number of nitrogens with zero attached hydrogens (tertiary/aromatic N) is 3. The number of nitrogens with one attached hydrogen (secondary N) is 1. The molecular formula is C11H20N4OS. The Morgan fingerprint density at radius 2 is 2.41 bits per heavy atom. The van der Waals surface area contributed by atoms with Gasteiger partial charge in [0.25, 0.3) is 0 Å². The number of piperidine rings is 1. The lowest BCUT2D eigenvalue weighted by atomic mass is 9.99. The van der Waals surface area contributed by atoms with Gasteiger partial charge in [-0.05, 0) is 32.2 Å². The van der Waals surface area contributed by atoms with Crippen molar-refractivity contribution >= 4 is 16.5 Å². The van der Waals surface area contributed by atoms with E-state index in [9.17, 15) is 5.11 Å². The van der Waals surface area contributed by atoms with E-state index in [0.717, 1.165) is 42.7 Å². The van der Waals surface area contributed by atoms with Gasteiger partial charge in [-0.3, -0.25) is 4.90 Å². The van der Waals surface area contributed by atoms with Crippen molar-refractivity contribution in [2.75, 3.05) is 31.6 Å².